The molecule has 4 rings (SSSR count). The highest BCUT2D eigenvalue weighted by Gasteiger charge is 2.30. The standard InChI is InChI=1S/C23H19NO2S2/c1-2-24-22(25)21(28-23(24)27)14-17-9-4-6-13-20(17)26-15-18-11-7-10-16-8-3-5-12-19(16)18/h3-14H,2,15H2,1H3/b21-14+. The molecule has 1 saturated heterocycles. The lowest BCUT2D eigenvalue weighted by Crippen LogP contribution is -2.27. The van der Waals surface area contributed by atoms with Gasteiger partial charge in [-0.2, -0.15) is 0 Å². The molecule has 0 saturated carbocycles. The van der Waals surface area contributed by atoms with E-state index in [4.69, 9.17) is 17.0 Å². The van der Waals surface area contributed by atoms with Crippen molar-refractivity contribution in [3.05, 3.63) is 82.8 Å². The normalized spacial score (nSPS) is 15.6. The summed E-state index contributed by atoms with van der Waals surface area (Å²) in [5.41, 5.74) is 2.00. The van der Waals surface area contributed by atoms with Crippen molar-refractivity contribution in [2.24, 2.45) is 0 Å². The van der Waals surface area contributed by atoms with E-state index in [1.165, 1.54) is 22.5 Å². The van der Waals surface area contributed by atoms with Crippen LogP contribution >= 0.6 is 24.0 Å². The Bertz CT molecular complexity index is 1090. The second-order valence-electron chi connectivity index (χ2n) is 6.39. The van der Waals surface area contributed by atoms with Gasteiger partial charge in [-0.05, 0) is 35.4 Å². The highest BCUT2D eigenvalue weighted by atomic mass is 32.2. The number of thioether (sulfide) groups is 1. The maximum atomic E-state index is 12.5. The average Bonchev–Trinajstić information content (AvgIpc) is 2.99. The van der Waals surface area contributed by atoms with Crippen LogP contribution in [0.1, 0.15) is 18.1 Å². The van der Waals surface area contributed by atoms with E-state index in [9.17, 15) is 4.79 Å². The van der Waals surface area contributed by atoms with Crippen LogP contribution in [0.2, 0.25) is 0 Å². The van der Waals surface area contributed by atoms with Gasteiger partial charge in [0.05, 0.1) is 4.91 Å². The predicted molar refractivity (Wildman–Crippen MR) is 120 cm³/mol. The number of carbonyl (C=O) groups is 1. The third-order valence-electron chi connectivity index (χ3n) is 4.66. The fourth-order valence-corrected chi connectivity index (χ4v) is 4.59. The van der Waals surface area contributed by atoms with E-state index in [0.29, 0.717) is 22.4 Å². The first-order valence-electron chi connectivity index (χ1n) is 9.11. The molecule has 5 heteroatoms. The van der Waals surface area contributed by atoms with Gasteiger partial charge in [-0.25, -0.2) is 0 Å². The van der Waals surface area contributed by atoms with Crippen LogP contribution in [0, 0.1) is 0 Å². The van der Waals surface area contributed by atoms with Crippen LogP contribution in [-0.4, -0.2) is 21.7 Å². The molecule has 28 heavy (non-hydrogen) atoms. The summed E-state index contributed by atoms with van der Waals surface area (Å²) in [4.78, 5) is 14.7. The molecule has 3 aromatic rings. The van der Waals surface area contributed by atoms with Gasteiger partial charge in [0.25, 0.3) is 5.91 Å². The number of hydrogen-bond acceptors (Lipinski definition) is 4. The van der Waals surface area contributed by atoms with Crippen molar-refractivity contribution in [2.75, 3.05) is 6.54 Å². The first-order chi connectivity index (χ1) is 13.7. The molecule has 1 heterocycles. The number of thiocarbonyl (C=S) groups is 1. The first-order valence-corrected chi connectivity index (χ1v) is 10.3. The second-order valence-corrected chi connectivity index (χ2v) is 8.07. The van der Waals surface area contributed by atoms with Crippen molar-refractivity contribution in [2.45, 2.75) is 13.5 Å². The molecule has 0 unspecified atom stereocenters. The summed E-state index contributed by atoms with van der Waals surface area (Å²) >= 11 is 6.64. The van der Waals surface area contributed by atoms with E-state index >= 15 is 0 Å². The molecule has 1 amide bonds. The van der Waals surface area contributed by atoms with Gasteiger partial charge in [0.1, 0.15) is 16.7 Å². The van der Waals surface area contributed by atoms with Crippen molar-refractivity contribution in [3.8, 4) is 5.75 Å². The van der Waals surface area contributed by atoms with Crippen LogP contribution in [-0.2, 0) is 11.4 Å². The molecular weight excluding hydrogens is 386 g/mol. The van der Waals surface area contributed by atoms with Crippen LogP contribution in [0.25, 0.3) is 16.8 Å². The molecule has 140 valence electrons. The SMILES string of the molecule is CCN1C(=O)/C(=C\c2ccccc2OCc2cccc3ccccc23)SC1=S. The van der Waals surface area contributed by atoms with Crippen LogP contribution in [0.5, 0.6) is 5.75 Å². The maximum absolute atomic E-state index is 12.5. The molecule has 0 bridgehead atoms. The minimum Gasteiger partial charge on any atom is -0.488 e. The molecule has 3 nitrogen and oxygen atoms in total. The molecule has 0 aromatic heterocycles. The Morgan fingerprint density at radius 3 is 2.61 bits per heavy atom. The number of amides is 1. The van der Waals surface area contributed by atoms with E-state index in [0.717, 1.165) is 16.9 Å². The largest absolute Gasteiger partial charge is 0.488 e. The molecule has 1 aliphatic heterocycles. The van der Waals surface area contributed by atoms with Gasteiger partial charge >= 0.3 is 0 Å². The van der Waals surface area contributed by atoms with Crippen molar-refractivity contribution < 1.29 is 9.53 Å². The van der Waals surface area contributed by atoms with Crippen LogP contribution < -0.4 is 4.74 Å². The van der Waals surface area contributed by atoms with Crippen LogP contribution in [0.3, 0.4) is 0 Å². The number of nitrogens with zero attached hydrogens (tertiary/aromatic N) is 1. The molecule has 0 spiro atoms. The lowest BCUT2D eigenvalue weighted by molar-refractivity contribution is -0.121. The Balaban J connectivity index is 1.60. The Morgan fingerprint density at radius 2 is 1.79 bits per heavy atom. The minimum absolute atomic E-state index is 0.0404. The van der Waals surface area contributed by atoms with E-state index in [1.54, 1.807) is 4.90 Å². The van der Waals surface area contributed by atoms with E-state index < -0.39 is 0 Å². The smallest absolute Gasteiger partial charge is 0.266 e. The highest BCUT2D eigenvalue weighted by Crippen LogP contribution is 2.34. The third-order valence-corrected chi connectivity index (χ3v) is 6.04. The first kappa shape index (κ1) is 18.7. The predicted octanol–water partition coefficient (Wildman–Crippen LogP) is 5.64. The van der Waals surface area contributed by atoms with Crippen molar-refractivity contribution in [3.63, 3.8) is 0 Å². The number of rotatable bonds is 5. The van der Waals surface area contributed by atoms with Crippen LogP contribution in [0.15, 0.2) is 71.6 Å². The minimum atomic E-state index is -0.0404. The van der Waals surface area contributed by atoms with E-state index in [-0.39, 0.29) is 5.91 Å². The summed E-state index contributed by atoms with van der Waals surface area (Å²) in [6, 6.07) is 22.3. The lowest BCUT2D eigenvalue weighted by atomic mass is 10.1. The summed E-state index contributed by atoms with van der Waals surface area (Å²) in [6.45, 7) is 2.97. The van der Waals surface area contributed by atoms with Crippen molar-refractivity contribution in [1.82, 2.24) is 4.90 Å². The van der Waals surface area contributed by atoms with E-state index in [1.807, 2.05) is 55.5 Å². The number of ether oxygens (including phenoxy) is 1. The molecular formula is C23H19NO2S2. The Kier molecular flexibility index (Phi) is 5.46. The quantitative estimate of drug-likeness (QED) is 0.406. The van der Waals surface area contributed by atoms with Crippen LogP contribution in [0.4, 0.5) is 0 Å². The molecule has 1 aliphatic rings. The maximum Gasteiger partial charge on any atom is 0.266 e. The number of carbonyl (C=O) groups excluding carboxylic acids is 1. The molecule has 0 atom stereocenters. The van der Waals surface area contributed by atoms with Gasteiger partial charge in [-0.15, -0.1) is 0 Å². The molecule has 0 N–H and O–H groups in total. The third kappa shape index (κ3) is 3.68. The van der Waals surface area contributed by atoms with Gasteiger partial charge in [0.2, 0.25) is 0 Å². The number of benzene rings is 3. The zero-order chi connectivity index (χ0) is 19.5. The lowest BCUT2D eigenvalue weighted by Gasteiger charge is -2.12. The Morgan fingerprint density at radius 1 is 1.04 bits per heavy atom. The van der Waals surface area contributed by atoms with Gasteiger partial charge in [-0.1, -0.05) is 84.6 Å². The number of hydrogen-bond donors (Lipinski definition) is 0. The topological polar surface area (TPSA) is 29.5 Å². The van der Waals surface area contributed by atoms with Gasteiger partial charge in [0.15, 0.2) is 0 Å². The molecule has 1 fully saturated rings. The Hall–Kier alpha value is -2.63. The summed E-state index contributed by atoms with van der Waals surface area (Å²) in [5.74, 6) is 0.707. The van der Waals surface area contributed by atoms with E-state index in [2.05, 4.69) is 24.3 Å². The Labute approximate surface area is 174 Å². The highest BCUT2D eigenvalue weighted by molar-refractivity contribution is 8.26. The summed E-state index contributed by atoms with van der Waals surface area (Å²) in [7, 11) is 0. The number of likely N-dealkylation sites (N-methyl/N-ethyl adjacent to an activating group) is 1. The summed E-state index contributed by atoms with van der Waals surface area (Å²) in [6.07, 6.45) is 1.87. The summed E-state index contributed by atoms with van der Waals surface area (Å²) < 4.78 is 6.75. The zero-order valence-electron chi connectivity index (χ0n) is 15.4. The molecule has 0 radical (unpaired) electrons. The molecule has 3 aromatic carbocycles. The fourth-order valence-electron chi connectivity index (χ4n) is 3.22. The molecule has 0 aliphatic carbocycles. The number of para-hydroxylation sites is 1. The number of fused-ring (bicyclic) bond motifs is 1. The average molecular weight is 406 g/mol. The van der Waals surface area contributed by atoms with Gasteiger partial charge < -0.3 is 4.74 Å². The zero-order valence-corrected chi connectivity index (χ0v) is 17.1. The van der Waals surface area contributed by atoms with Crippen molar-refractivity contribution >= 4 is 51.1 Å². The monoisotopic (exact) mass is 405 g/mol. The van der Waals surface area contributed by atoms with Gasteiger partial charge in [-0.3, -0.25) is 9.69 Å². The summed E-state index contributed by atoms with van der Waals surface area (Å²) in [5, 5.41) is 2.38. The van der Waals surface area contributed by atoms with Crippen molar-refractivity contribution in [1.29, 1.82) is 0 Å². The second kappa shape index (κ2) is 8.17. The fraction of sp³-hybridized carbons (Fsp3) is 0.130. The van der Waals surface area contributed by atoms with Gasteiger partial charge in [0, 0.05) is 12.1 Å².